The first-order valence-electron chi connectivity index (χ1n) is 8.22. The van der Waals surface area contributed by atoms with Gasteiger partial charge in [0.25, 0.3) is 5.91 Å². The normalized spacial score (nSPS) is 10.3. The van der Waals surface area contributed by atoms with Crippen LogP contribution in [0, 0.1) is 6.92 Å². The number of aromatic nitrogens is 2. The molecule has 0 spiro atoms. The summed E-state index contributed by atoms with van der Waals surface area (Å²) >= 11 is 0. The minimum Gasteiger partial charge on any atom is -0.340 e. The minimum absolute atomic E-state index is 0.263. The average molecular weight is 332 g/mol. The van der Waals surface area contributed by atoms with Gasteiger partial charge in [-0.25, -0.2) is 9.97 Å². The molecule has 0 radical (unpaired) electrons. The van der Waals surface area contributed by atoms with Crippen molar-refractivity contribution in [1.82, 2.24) is 9.97 Å². The van der Waals surface area contributed by atoms with E-state index in [4.69, 9.17) is 0 Å². The van der Waals surface area contributed by atoms with Crippen molar-refractivity contribution in [2.24, 2.45) is 0 Å². The summed E-state index contributed by atoms with van der Waals surface area (Å²) in [6, 6.07) is 19.1. The summed E-state index contributed by atoms with van der Waals surface area (Å²) in [6.45, 7) is 3.89. The van der Waals surface area contributed by atoms with Crippen LogP contribution in [0.25, 0.3) is 0 Å². The number of nitrogens with one attached hydrogen (secondary N) is 2. The van der Waals surface area contributed by atoms with Gasteiger partial charge in [0.05, 0.1) is 0 Å². The fourth-order valence-corrected chi connectivity index (χ4v) is 2.44. The summed E-state index contributed by atoms with van der Waals surface area (Å²) in [5, 5.41) is 6.06. The van der Waals surface area contributed by atoms with Gasteiger partial charge < -0.3 is 10.6 Å². The highest BCUT2D eigenvalue weighted by molar-refractivity contribution is 6.03. The van der Waals surface area contributed by atoms with Crippen LogP contribution in [0.4, 0.5) is 17.2 Å². The van der Waals surface area contributed by atoms with E-state index in [1.165, 1.54) is 5.56 Å². The molecule has 1 amide bonds. The predicted octanol–water partition coefficient (Wildman–Crippen LogP) is 4.34. The summed E-state index contributed by atoms with van der Waals surface area (Å²) in [6.07, 6.45) is 0.997. The number of rotatable bonds is 5. The molecule has 0 bridgehead atoms. The van der Waals surface area contributed by atoms with Crippen molar-refractivity contribution >= 4 is 23.1 Å². The van der Waals surface area contributed by atoms with E-state index < -0.39 is 0 Å². The van der Waals surface area contributed by atoms with Crippen LogP contribution in [0.3, 0.4) is 0 Å². The number of anilines is 3. The van der Waals surface area contributed by atoms with Crippen molar-refractivity contribution in [3.05, 3.63) is 77.7 Å². The van der Waals surface area contributed by atoms with E-state index in [9.17, 15) is 4.79 Å². The van der Waals surface area contributed by atoms with Crippen LogP contribution in [0.15, 0.2) is 60.7 Å². The highest BCUT2D eigenvalue weighted by Crippen LogP contribution is 2.17. The van der Waals surface area contributed by atoms with Crippen LogP contribution in [0.2, 0.25) is 0 Å². The standard InChI is InChI=1S/C20H20N4O/c1-3-15-9-11-17(12-10-15)23-19-13-18(21-14(2)22-19)20(25)24-16-7-5-4-6-8-16/h4-13H,3H2,1-2H3,(H,24,25)(H,21,22,23). The monoisotopic (exact) mass is 332 g/mol. The molecule has 1 aromatic heterocycles. The van der Waals surface area contributed by atoms with Crippen molar-refractivity contribution in [3.63, 3.8) is 0 Å². The Bertz CT molecular complexity index is 861. The number of hydrogen-bond donors (Lipinski definition) is 2. The van der Waals surface area contributed by atoms with Crippen LogP contribution >= 0.6 is 0 Å². The van der Waals surface area contributed by atoms with E-state index in [1.807, 2.05) is 42.5 Å². The van der Waals surface area contributed by atoms with Gasteiger partial charge in [0, 0.05) is 17.4 Å². The molecule has 1 heterocycles. The molecule has 0 aliphatic heterocycles. The Balaban J connectivity index is 1.78. The van der Waals surface area contributed by atoms with Gasteiger partial charge in [-0.1, -0.05) is 37.3 Å². The number of carbonyl (C=O) groups excluding carboxylic acids is 1. The number of aryl methyl sites for hydroxylation is 2. The Hall–Kier alpha value is -3.21. The first kappa shape index (κ1) is 16.6. The maximum absolute atomic E-state index is 12.4. The van der Waals surface area contributed by atoms with Gasteiger partial charge in [-0.2, -0.15) is 0 Å². The lowest BCUT2D eigenvalue weighted by molar-refractivity contribution is 0.102. The fourth-order valence-electron chi connectivity index (χ4n) is 2.44. The quantitative estimate of drug-likeness (QED) is 0.729. The lowest BCUT2D eigenvalue weighted by Gasteiger charge is -2.09. The molecule has 0 saturated heterocycles. The number of benzene rings is 2. The lowest BCUT2D eigenvalue weighted by atomic mass is 10.1. The van der Waals surface area contributed by atoms with Gasteiger partial charge in [0.15, 0.2) is 0 Å². The molecule has 25 heavy (non-hydrogen) atoms. The van der Waals surface area contributed by atoms with E-state index in [0.29, 0.717) is 17.3 Å². The van der Waals surface area contributed by atoms with Crippen LogP contribution in [0.1, 0.15) is 28.8 Å². The molecule has 0 aliphatic rings. The Labute approximate surface area is 147 Å². The molecule has 0 aliphatic carbocycles. The van der Waals surface area contributed by atoms with Gasteiger partial charge in [-0.3, -0.25) is 4.79 Å². The Kier molecular flexibility index (Phi) is 5.04. The molecular formula is C20H20N4O. The van der Waals surface area contributed by atoms with Gasteiger partial charge in [-0.05, 0) is 43.2 Å². The van der Waals surface area contributed by atoms with Gasteiger partial charge in [-0.15, -0.1) is 0 Å². The van der Waals surface area contributed by atoms with E-state index in [2.05, 4.69) is 39.7 Å². The van der Waals surface area contributed by atoms with Crippen LogP contribution in [0.5, 0.6) is 0 Å². The maximum atomic E-state index is 12.4. The molecular weight excluding hydrogens is 312 g/mol. The fraction of sp³-hybridized carbons (Fsp3) is 0.150. The van der Waals surface area contributed by atoms with Gasteiger partial charge >= 0.3 is 0 Å². The van der Waals surface area contributed by atoms with Crippen molar-refractivity contribution in [1.29, 1.82) is 0 Å². The first-order chi connectivity index (χ1) is 12.1. The summed E-state index contributed by atoms with van der Waals surface area (Å²) in [4.78, 5) is 21.0. The summed E-state index contributed by atoms with van der Waals surface area (Å²) in [7, 11) is 0. The van der Waals surface area contributed by atoms with Crippen molar-refractivity contribution < 1.29 is 4.79 Å². The molecule has 0 unspecified atom stereocenters. The van der Waals surface area contributed by atoms with Crippen LogP contribution in [-0.2, 0) is 6.42 Å². The molecule has 0 saturated carbocycles. The van der Waals surface area contributed by atoms with Crippen LogP contribution in [-0.4, -0.2) is 15.9 Å². The topological polar surface area (TPSA) is 66.9 Å². The molecule has 0 fully saturated rings. The zero-order chi connectivity index (χ0) is 17.6. The zero-order valence-corrected chi connectivity index (χ0v) is 14.3. The van der Waals surface area contributed by atoms with Crippen LogP contribution < -0.4 is 10.6 Å². The van der Waals surface area contributed by atoms with E-state index in [-0.39, 0.29) is 5.91 Å². The van der Waals surface area contributed by atoms with Crippen molar-refractivity contribution in [2.75, 3.05) is 10.6 Å². The molecule has 5 heteroatoms. The number of amides is 1. The number of para-hydroxylation sites is 1. The van der Waals surface area contributed by atoms with Gasteiger partial charge in [0.1, 0.15) is 17.3 Å². The SMILES string of the molecule is CCc1ccc(Nc2cc(C(=O)Nc3ccccc3)nc(C)n2)cc1. The third kappa shape index (κ3) is 4.41. The van der Waals surface area contributed by atoms with Gasteiger partial charge in [0.2, 0.25) is 0 Å². The first-order valence-corrected chi connectivity index (χ1v) is 8.22. The number of nitrogens with zero attached hydrogens (tertiary/aromatic N) is 2. The summed E-state index contributed by atoms with van der Waals surface area (Å²) in [5.74, 6) is 0.865. The third-order valence-corrected chi connectivity index (χ3v) is 3.74. The molecule has 2 aromatic carbocycles. The van der Waals surface area contributed by atoms with Crippen molar-refractivity contribution in [2.45, 2.75) is 20.3 Å². The summed E-state index contributed by atoms with van der Waals surface area (Å²) in [5.41, 5.74) is 3.24. The Morgan fingerprint density at radius 3 is 2.36 bits per heavy atom. The Morgan fingerprint density at radius 2 is 1.68 bits per heavy atom. The molecule has 5 nitrogen and oxygen atoms in total. The average Bonchev–Trinajstić information content (AvgIpc) is 2.63. The maximum Gasteiger partial charge on any atom is 0.274 e. The highest BCUT2D eigenvalue weighted by atomic mass is 16.1. The Morgan fingerprint density at radius 1 is 0.960 bits per heavy atom. The van der Waals surface area contributed by atoms with E-state index in [0.717, 1.165) is 17.8 Å². The smallest absolute Gasteiger partial charge is 0.274 e. The second-order valence-electron chi connectivity index (χ2n) is 5.68. The molecule has 3 aromatic rings. The summed E-state index contributed by atoms with van der Waals surface area (Å²) < 4.78 is 0. The molecule has 0 atom stereocenters. The molecule has 2 N–H and O–H groups in total. The second-order valence-corrected chi connectivity index (χ2v) is 5.68. The predicted molar refractivity (Wildman–Crippen MR) is 100 cm³/mol. The zero-order valence-electron chi connectivity index (χ0n) is 14.3. The van der Waals surface area contributed by atoms with E-state index >= 15 is 0 Å². The largest absolute Gasteiger partial charge is 0.340 e. The second kappa shape index (κ2) is 7.57. The molecule has 126 valence electrons. The lowest BCUT2D eigenvalue weighted by Crippen LogP contribution is -2.15. The van der Waals surface area contributed by atoms with Crippen molar-refractivity contribution in [3.8, 4) is 0 Å². The number of hydrogen-bond acceptors (Lipinski definition) is 4. The highest BCUT2D eigenvalue weighted by Gasteiger charge is 2.11. The number of carbonyl (C=O) groups is 1. The minimum atomic E-state index is -0.263. The third-order valence-electron chi connectivity index (χ3n) is 3.74. The molecule has 3 rings (SSSR count). The van der Waals surface area contributed by atoms with E-state index in [1.54, 1.807) is 13.0 Å².